The number of amides is 1. The molecule has 0 aliphatic heterocycles. The number of benzene rings is 2. The molecule has 0 aliphatic rings. The van der Waals surface area contributed by atoms with Crippen molar-refractivity contribution in [2.45, 2.75) is 6.92 Å². The van der Waals surface area contributed by atoms with E-state index in [-0.39, 0.29) is 11.3 Å². The van der Waals surface area contributed by atoms with Crippen LogP contribution in [0.5, 0.6) is 0 Å². The molecule has 0 spiro atoms. The summed E-state index contributed by atoms with van der Waals surface area (Å²) in [5.74, 6) is 2.06. The zero-order valence-electron chi connectivity index (χ0n) is 11.3. The molecule has 0 aromatic heterocycles. The monoisotopic (exact) mass is 280 g/mol. The summed E-state index contributed by atoms with van der Waals surface area (Å²) in [5, 5.41) is 13.6. The van der Waals surface area contributed by atoms with Gasteiger partial charge in [0.25, 0.3) is 11.6 Å². The van der Waals surface area contributed by atoms with E-state index in [0.29, 0.717) is 16.8 Å². The van der Waals surface area contributed by atoms with Crippen molar-refractivity contribution in [1.82, 2.24) is 0 Å². The molecule has 0 saturated heterocycles. The highest BCUT2D eigenvalue weighted by Gasteiger charge is 2.17. The summed E-state index contributed by atoms with van der Waals surface area (Å²) >= 11 is 0. The van der Waals surface area contributed by atoms with Gasteiger partial charge in [-0.15, -0.1) is 6.42 Å². The summed E-state index contributed by atoms with van der Waals surface area (Å²) in [7, 11) is 0. The topological polar surface area (TPSA) is 72.2 Å². The van der Waals surface area contributed by atoms with E-state index >= 15 is 0 Å². The molecule has 0 unspecified atom stereocenters. The summed E-state index contributed by atoms with van der Waals surface area (Å²) in [6.07, 6.45) is 5.30. The number of nitro groups is 1. The summed E-state index contributed by atoms with van der Waals surface area (Å²) < 4.78 is 0. The van der Waals surface area contributed by atoms with Crippen LogP contribution in [0, 0.1) is 29.4 Å². The van der Waals surface area contributed by atoms with Crippen LogP contribution in [-0.4, -0.2) is 10.8 Å². The number of rotatable bonds is 3. The van der Waals surface area contributed by atoms with Gasteiger partial charge in [-0.25, -0.2) is 0 Å². The van der Waals surface area contributed by atoms with Crippen LogP contribution < -0.4 is 5.32 Å². The molecule has 0 fully saturated rings. The van der Waals surface area contributed by atoms with Crippen LogP contribution in [0.15, 0.2) is 42.5 Å². The van der Waals surface area contributed by atoms with E-state index in [4.69, 9.17) is 6.42 Å². The molecule has 5 heteroatoms. The van der Waals surface area contributed by atoms with Crippen LogP contribution in [0.2, 0.25) is 0 Å². The average molecular weight is 280 g/mol. The van der Waals surface area contributed by atoms with Crippen molar-refractivity contribution < 1.29 is 9.72 Å². The minimum Gasteiger partial charge on any atom is -0.322 e. The predicted molar refractivity (Wildman–Crippen MR) is 80.2 cm³/mol. The number of terminal acetylenes is 1. The van der Waals surface area contributed by atoms with Gasteiger partial charge in [0, 0.05) is 28.4 Å². The molecule has 5 nitrogen and oxygen atoms in total. The standard InChI is InChI=1S/C16H12N2O3/c1-3-12-6-4-7-13(10-12)17-16(19)14-8-5-9-15(11(14)2)18(20)21/h1,4-10H,2H3,(H,17,19). The van der Waals surface area contributed by atoms with Gasteiger partial charge in [-0.3, -0.25) is 14.9 Å². The van der Waals surface area contributed by atoms with E-state index in [0.717, 1.165) is 0 Å². The van der Waals surface area contributed by atoms with Gasteiger partial charge in [-0.1, -0.05) is 18.1 Å². The first-order chi connectivity index (χ1) is 10.0. The highest BCUT2D eigenvalue weighted by atomic mass is 16.6. The fraction of sp³-hybridized carbons (Fsp3) is 0.0625. The molecule has 0 aliphatic carbocycles. The van der Waals surface area contributed by atoms with Crippen LogP contribution in [-0.2, 0) is 0 Å². The lowest BCUT2D eigenvalue weighted by molar-refractivity contribution is -0.385. The van der Waals surface area contributed by atoms with Gasteiger partial charge >= 0.3 is 0 Å². The summed E-state index contributed by atoms with van der Waals surface area (Å²) in [6, 6.07) is 11.2. The maximum absolute atomic E-state index is 12.2. The van der Waals surface area contributed by atoms with E-state index in [1.165, 1.54) is 12.1 Å². The van der Waals surface area contributed by atoms with E-state index in [9.17, 15) is 14.9 Å². The lowest BCUT2D eigenvalue weighted by atomic mass is 10.1. The Morgan fingerprint density at radius 2 is 2.00 bits per heavy atom. The number of anilines is 1. The Kier molecular flexibility index (Phi) is 4.00. The largest absolute Gasteiger partial charge is 0.322 e. The minimum absolute atomic E-state index is 0.0833. The Hall–Kier alpha value is -3.13. The second kappa shape index (κ2) is 5.88. The quantitative estimate of drug-likeness (QED) is 0.533. The number of nitrogens with zero attached hydrogens (tertiary/aromatic N) is 1. The Labute approximate surface area is 121 Å². The first kappa shape index (κ1) is 14.3. The first-order valence-corrected chi connectivity index (χ1v) is 6.15. The first-order valence-electron chi connectivity index (χ1n) is 6.15. The Morgan fingerprint density at radius 1 is 1.29 bits per heavy atom. The Balaban J connectivity index is 2.31. The number of carbonyl (C=O) groups excluding carboxylic acids is 1. The summed E-state index contributed by atoms with van der Waals surface area (Å²) in [6.45, 7) is 1.55. The lowest BCUT2D eigenvalue weighted by Gasteiger charge is -2.08. The van der Waals surface area contributed by atoms with Gasteiger partial charge < -0.3 is 5.32 Å². The minimum atomic E-state index is -0.509. The normalized spacial score (nSPS) is 9.71. The average Bonchev–Trinajstić information content (AvgIpc) is 2.47. The van der Waals surface area contributed by atoms with Crippen molar-refractivity contribution in [3.63, 3.8) is 0 Å². The van der Waals surface area contributed by atoms with Gasteiger partial charge in [0.1, 0.15) is 0 Å². The Morgan fingerprint density at radius 3 is 2.67 bits per heavy atom. The van der Waals surface area contributed by atoms with Crippen LogP contribution in [0.25, 0.3) is 0 Å². The molecule has 2 aromatic rings. The second-order valence-corrected chi connectivity index (χ2v) is 4.39. The van der Waals surface area contributed by atoms with Crippen LogP contribution in [0.3, 0.4) is 0 Å². The smallest absolute Gasteiger partial charge is 0.273 e. The molecule has 0 radical (unpaired) electrons. The lowest BCUT2D eigenvalue weighted by Crippen LogP contribution is -2.14. The maximum Gasteiger partial charge on any atom is 0.273 e. The van der Waals surface area contributed by atoms with Crippen molar-refractivity contribution >= 4 is 17.3 Å². The summed E-state index contributed by atoms with van der Waals surface area (Å²) in [5.41, 5.74) is 1.69. The molecule has 0 atom stereocenters. The zero-order chi connectivity index (χ0) is 15.4. The third-order valence-electron chi connectivity index (χ3n) is 3.03. The van der Waals surface area contributed by atoms with Crippen LogP contribution in [0.4, 0.5) is 11.4 Å². The zero-order valence-corrected chi connectivity index (χ0v) is 11.3. The molecule has 0 heterocycles. The van der Waals surface area contributed by atoms with E-state index < -0.39 is 10.8 Å². The van der Waals surface area contributed by atoms with E-state index in [1.807, 2.05) is 0 Å². The highest BCUT2D eigenvalue weighted by molar-refractivity contribution is 6.05. The molecule has 2 rings (SSSR count). The number of hydrogen-bond donors (Lipinski definition) is 1. The molecule has 2 aromatic carbocycles. The van der Waals surface area contributed by atoms with Crippen LogP contribution in [0.1, 0.15) is 21.5 Å². The van der Waals surface area contributed by atoms with Crippen LogP contribution >= 0.6 is 0 Å². The molecular formula is C16H12N2O3. The number of nitro benzene ring substituents is 1. The van der Waals surface area contributed by atoms with Gasteiger partial charge in [0.05, 0.1) is 4.92 Å². The third kappa shape index (κ3) is 3.07. The van der Waals surface area contributed by atoms with Crippen molar-refractivity contribution in [2.75, 3.05) is 5.32 Å². The Bertz CT molecular complexity index is 760. The molecule has 1 amide bonds. The maximum atomic E-state index is 12.2. The van der Waals surface area contributed by atoms with E-state index in [2.05, 4.69) is 11.2 Å². The van der Waals surface area contributed by atoms with Gasteiger partial charge in [0.15, 0.2) is 0 Å². The second-order valence-electron chi connectivity index (χ2n) is 4.39. The number of hydrogen-bond acceptors (Lipinski definition) is 3. The molecule has 104 valence electrons. The van der Waals surface area contributed by atoms with Crippen molar-refractivity contribution in [2.24, 2.45) is 0 Å². The van der Waals surface area contributed by atoms with E-state index in [1.54, 1.807) is 37.3 Å². The molecular weight excluding hydrogens is 268 g/mol. The van der Waals surface area contributed by atoms with Gasteiger partial charge in [-0.05, 0) is 31.2 Å². The third-order valence-corrected chi connectivity index (χ3v) is 3.03. The summed E-state index contributed by atoms with van der Waals surface area (Å²) in [4.78, 5) is 22.6. The SMILES string of the molecule is C#Cc1cccc(NC(=O)c2cccc([N+](=O)[O-])c2C)c1. The van der Waals surface area contributed by atoms with Gasteiger partial charge in [0.2, 0.25) is 0 Å². The fourth-order valence-electron chi connectivity index (χ4n) is 1.95. The molecule has 0 bridgehead atoms. The fourth-order valence-corrected chi connectivity index (χ4v) is 1.95. The number of nitrogens with one attached hydrogen (secondary N) is 1. The number of carbonyl (C=O) groups is 1. The van der Waals surface area contributed by atoms with Gasteiger partial charge in [-0.2, -0.15) is 0 Å². The molecule has 21 heavy (non-hydrogen) atoms. The predicted octanol–water partition coefficient (Wildman–Crippen LogP) is 3.14. The highest BCUT2D eigenvalue weighted by Crippen LogP contribution is 2.22. The molecule has 1 N–H and O–H groups in total. The van der Waals surface area contributed by atoms with Crippen molar-refractivity contribution in [3.05, 3.63) is 69.3 Å². The van der Waals surface area contributed by atoms with Crippen molar-refractivity contribution in [1.29, 1.82) is 0 Å². The molecule has 0 saturated carbocycles. The van der Waals surface area contributed by atoms with Crippen molar-refractivity contribution in [3.8, 4) is 12.3 Å².